The molecular formula is C7H11ClN6O. The topological polar surface area (TPSA) is 116 Å². The Kier molecular flexibility index (Phi) is 3.28. The van der Waals surface area contributed by atoms with Crippen LogP contribution in [0.15, 0.2) is 11.1 Å². The van der Waals surface area contributed by atoms with Gasteiger partial charge in [-0.1, -0.05) is 0 Å². The average molecular weight is 231 g/mol. The van der Waals surface area contributed by atoms with Crippen LogP contribution in [0.5, 0.6) is 0 Å². The summed E-state index contributed by atoms with van der Waals surface area (Å²) in [4.78, 5) is 21.6. The van der Waals surface area contributed by atoms with Gasteiger partial charge in [0.2, 0.25) is 5.95 Å². The first-order valence-corrected chi connectivity index (χ1v) is 4.13. The molecule has 0 aromatic carbocycles. The largest absolute Gasteiger partial charge is 0.369 e. The molecule has 0 amide bonds. The molecule has 0 spiro atoms. The molecular weight excluding hydrogens is 220 g/mol. The first-order chi connectivity index (χ1) is 6.72. The molecule has 0 aliphatic heterocycles. The average Bonchev–Trinajstić information content (AvgIpc) is 2.49. The second-order valence-corrected chi connectivity index (χ2v) is 2.85. The lowest BCUT2D eigenvalue weighted by molar-refractivity contribution is 0.721. The highest BCUT2D eigenvalue weighted by Crippen LogP contribution is 2.05. The highest BCUT2D eigenvalue weighted by Gasteiger charge is 2.07. The van der Waals surface area contributed by atoms with Gasteiger partial charge in [-0.15, -0.1) is 12.4 Å². The third-order valence-corrected chi connectivity index (χ3v) is 1.86. The van der Waals surface area contributed by atoms with Gasteiger partial charge in [0.1, 0.15) is 0 Å². The molecule has 0 radical (unpaired) electrons. The predicted octanol–water partition coefficient (Wildman–Crippen LogP) is -0.918. The van der Waals surface area contributed by atoms with E-state index in [0.717, 1.165) is 0 Å². The van der Waals surface area contributed by atoms with E-state index in [2.05, 4.69) is 15.0 Å². The lowest BCUT2D eigenvalue weighted by Crippen LogP contribution is -2.14. The minimum absolute atomic E-state index is 0. The Labute approximate surface area is 90.9 Å². The van der Waals surface area contributed by atoms with Crippen molar-refractivity contribution in [3.63, 3.8) is 0 Å². The third kappa shape index (κ3) is 1.92. The third-order valence-electron chi connectivity index (χ3n) is 1.86. The van der Waals surface area contributed by atoms with Crippen LogP contribution < -0.4 is 17.0 Å². The fraction of sp³-hybridized carbons (Fsp3) is 0.286. The quantitative estimate of drug-likeness (QED) is 0.617. The van der Waals surface area contributed by atoms with Crippen LogP contribution in [0, 0.1) is 0 Å². The van der Waals surface area contributed by atoms with Gasteiger partial charge in [0.15, 0.2) is 11.2 Å². The SMILES string of the molecule is Cl.NCCn1cnc2c(=O)[nH]c(N)nc21. The van der Waals surface area contributed by atoms with E-state index in [1.165, 1.54) is 6.33 Å². The minimum atomic E-state index is -0.330. The fourth-order valence-corrected chi connectivity index (χ4v) is 1.27. The molecule has 0 fully saturated rings. The van der Waals surface area contributed by atoms with Crippen molar-refractivity contribution in [2.24, 2.45) is 5.73 Å². The Morgan fingerprint density at radius 1 is 1.53 bits per heavy atom. The standard InChI is InChI=1S/C7H10N6O.ClH/c8-1-2-13-3-10-4-5(13)11-7(9)12-6(4)14;/h3H,1-2,8H2,(H3,9,11,12,14);1H. The Bertz CT molecular complexity index is 518. The van der Waals surface area contributed by atoms with Crippen LogP contribution >= 0.6 is 12.4 Å². The van der Waals surface area contributed by atoms with E-state index in [1.807, 2.05) is 0 Å². The maximum atomic E-state index is 11.3. The van der Waals surface area contributed by atoms with Crippen LogP contribution in [-0.2, 0) is 6.54 Å². The molecule has 2 rings (SSSR count). The molecule has 5 N–H and O–H groups in total. The first-order valence-electron chi connectivity index (χ1n) is 4.13. The summed E-state index contributed by atoms with van der Waals surface area (Å²) in [5.41, 5.74) is 11.2. The molecule has 2 aromatic rings. The van der Waals surface area contributed by atoms with E-state index in [1.54, 1.807) is 4.57 Å². The van der Waals surface area contributed by atoms with Gasteiger partial charge in [0.05, 0.1) is 6.33 Å². The number of aromatic nitrogens is 4. The molecule has 8 heteroatoms. The molecule has 0 unspecified atom stereocenters. The number of nitrogens with two attached hydrogens (primary N) is 2. The minimum Gasteiger partial charge on any atom is -0.369 e. The molecule has 0 atom stereocenters. The maximum Gasteiger partial charge on any atom is 0.280 e. The van der Waals surface area contributed by atoms with Gasteiger partial charge < -0.3 is 16.0 Å². The first kappa shape index (κ1) is 11.5. The number of nitrogen functional groups attached to an aromatic ring is 1. The molecule has 2 heterocycles. The zero-order chi connectivity index (χ0) is 10.1. The summed E-state index contributed by atoms with van der Waals surface area (Å²) in [6.45, 7) is 1.02. The summed E-state index contributed by atoms with van der Waals surface area (Å²) in [6.07, 6.45) is 1.53. The summed E-state index contributed by atoms with van der Waals surface area (Å²) in [5.74, 6) is 0.0845. The normalized spacial score (nSPS) is 10.2. The highest BCUT2D eigenvalue weighted by molar-refractivity contribution is 5.85. The number of imidazole rings is 1. The van der Waals surface area contributed by atoms with Gasteiger partial charge in [-0.05, 0) is 0 Å². The molecule has 0 bridgehead atoms. The van der Waals surface area contributed by atoms with Crippen LogP contribution in [-0.4, -0.2) is 26.1 Å². The number of anilines is 1. The van der Waals surface area contributed by atoms with E-state index in [9.17, 15) is 4.79 Å². The van der Waals surface area contributed by atoms with Crippen LogP contribution in [0.1, 0.15) is 0 Å². The van der Waals surface area contributed by atoms with Crippen LogP contribution in [0.2, 0.25) is 0 Å². The Morgan fingerprint density at radius 2 is 2.27 bits per heavy atom. The van der Waals surface area contributed by atoms with Gasteiger partial charge in [-0.3, -0.25) is 9.78 Å². The van der Waals surface area contributed by atoms with Crippen molar-refractivity contribution >= 4 is 29.5 Å². The van der Waals surface area contributed by atoms with Crippen molar-refractivity contribution in [1.29, 1.82) is 0 Å². The maximum absolute atomic E-state index is 11.3. The van der Waals surface area contributed by atoms with E-state index in [-0.39, 0.29) is 29.4 Å². The summed E-state index contributed by atoms with van der Waals surface area (Å²) in [7, 11) is 0. The zero-order valence-electron chi connectivity index (χ0n) is 7.80. The summed E-state index contributed by atoms with van der Waals surface area (Å²) >= 11 is 0. The van der Waals surface area contributed by atoms with Gasteiger partial charge >= 0.3 is 0 Å². The van der Waals surface area contributed by atoms with E-state index in [4.69, 9.17) is 11.5 Å². The number of hydrogen-bond acceptors (Lipinski definition) is 5. The van der Waals surface area contributed by atoms with Crippen molar-refractivity contribution in [2.75, 3.05) is 12.3 Å². The number of nitrogens with zero attached hydrogens (tertiary/aromatic N) is 3. The number of aromatic amines is 1. The second-order valence-electron chi connectivity index (χ2n) is 2.85. The van der Waals surface area contributed by atoms with Crippen molar-refractivity contribution < 1.29 is 0 Å². The van der Waals surface area contributed by atoms with Gasteiger partial charge in [0.25, 0.3) is 5.56 Å². The summed E-state index contributed by atoms with van der Waals surface area (Å²) in [6, 6.07) is 0. The number of fused-ring (bicyclic) bond motifs is 1. The van der Waals surface area contributed by atoms with E-state index in [0.29, 0.717) is 18.7 Å². The number of halogens is 1. The van der Waals surface area contributed by atoms with E-state index < -0.39 is 0 Å². The molecule has 0 saturated carbocycles. The lowest BCUT2D eigenvalue weighted by atomic mass is 10.5. The number of rotatable bonds is 2. The highest BCUT2D eigenvalue weighted by atomic mass is 35.5. The molecule has 82 valence electrons. The van der Waals surface area contributed by atoms with Crippen molar-refractivity contribution in [3.05, 3.63) is 16.7 Å². The molecule has 7 nitrogen and oxygen atoms in total. The van der Waals surface area contributed by atoms with Crippen LogP contribution in [0.25, 0.3) is 11.2 Å². The number of hydrogen-bond donors (Lipinski definition) is 3. The van der Waals surface area contributed by atoms with Gasteiger partial charge in [0, 0.05) is 13.1 Å². The van der Waals surface area contributed by atoms with Crippen LogP contribution in [0.4, 0.5) is 5.95 Å². The van der Waals surface area contributed by atoms with Crippen molar-refractivity contribution in [3.8, 4) is 0 Å². The fourth-order valence-electron chi connectivity index (χ4n) is 1.27. The Morgan fingerprint density at radius 3 is 2.93 bits per heavy atom. The van der Waals surface area contributed by atoms with Crippen molar-refractivity contribution in [1.82, 2.24) is 19.5 Å². The number of H-pyrrole nitrogens is 1. The Balaban J connectivity index is 0.00000112. The lowest BCUT2D eigenvalue weighted by Gasteiger charge is -1.99. The van der Waals surface area contributed by atoms with Crippen LogP contribution in [0.3, 0.4) is 0 Å². The van der Waals surface area contributed by atoms with E-state index >= 15 is 0 Å². The zero-order valence-corrected chi connectivity index (χ0v) is 8.62. The second kappa shape index (κ2) is 4.28. The molecule has 0 aliphatic carbocycles. The predicted molar refractivity (Wildman–Crippen MR) is 58.9 cm³/mol. The molecule has 2 aromatic heterocycles. The Hall–Kier alpha value is -1.60. The molecule has 15 heavy (non-hydrogen) atoms. The summed E-state index contributed by atoms with van der Waals surface area (Å²) < 4.78 is 1.70. The molecule has 0 aliphatic rings. The monoisotopic (exact) mass is 230 g/mol. The summed E-state index contributed by atoms with van der Waals surface area (Å²) in [5, 5.41) is 0. The van der Waals surface area contributed by atoms with Crippen molar-refractivity contribution in [2.45, 2.75) is 6.54 Å². The smallest absolute Gasteiger partial charge is 0.280 e. The number of nitrogens with one attached hydrogen (secondary N) is 1. The molecule has 0 saturated heterocycles. The van der Waals surface area contributed by atoms with Gasteiger partial charge in [-0.2, -0.15) is 4.98 Å². The van der Waals surface area contributed by atoms with Gasteiger partial charge in [-0.25, -0.2) is 4.98 Å².